The molecule has 0 saturated carbocycles. The number of alkyl halides is 3. The molecule has 0 aliphatic carbocycles. The smallest absolute Gasteiger partial charge is 0.399 e. The van der Waals surface area contributed by atoms with E-state index in [-0.39, 0.29) is 29.4 Å². The number of oxime groups is 1. The number of hydrogen-bond donors (Lipinski definition) is 1. The zero-order chi connectivity index (χ0) is 19.5. The summed E-state index contributed by atoms with van der Waals surface area (Å²) in [6.07, 6.45) is 0.632. The topological polar surface area (TPSA) is 88.1 Å². The third-order valence-electron chi connectivity index (χ3n) is 3.94. The summed E-state index contributed by atoms with van der Waals surface area (Å²) in [5, 5.41) is 3.73. The number of amides is 1. The van der Waals surface area contributed by atoms with E-state index in [1.54, 1.807) is 6.07 Å². The van der Waals surface area contributed by atoms with Gasteiger partial charge in [0.1, 0.15) is 12.8 Å². The maximum Gasteiger partial charge on any atom is 0.516 e. The third kappa shape index (κ3) is 4.09. The fraction of sp³-hybridized carbons (Fsp3) is 0.467. The number of carbonyl (C=O) groups excluding carboxylic acids is 1. The largest absolute Gasteiger partial charge is 0.516 e. The quantitative estimate of drug-likeness (QED) is 0.752. The maximum atomic E-state index is 12.6. The summed E-state index contributed by atoms with van der Waals surface area (Å²) >= 11 is 0. The van der Waals surface area contributed by atoms with Gasteiger partial charge in [-0.05, 0) is 18.1 Å². The van der Waals surface area contributed by atoms with Crippen molar-refractivity contribution < 1.29 is 31.2 Å². The van der Waals surface area contributed by atoms with Gasteiger partial charge in [-0.25, -0.2) is 0 Å². The summed E-state index contributed by atoms with van der Waals surface area (Å²) in [5.74, 6) is -0.561. The van der Waals surface area contributed by atoms with E-state index in [9.17, 15) is 26.4 Å². The van der Waals surface area contributed by atoms with Gasteiger partial charge < -0.3 is 9.74 Å². The second kappa shape index (κ2) is 7.52. The molecule has 0 spiro atoms. The number of rotatable bonds is 6. The van der Waals surface area contributed by atoms with Crippen molar-refractivity contribution >= 4 is 27.3 Å². The number of halogens is 3. The lowest BCUT2D eigenvalue weighted by molar-refractivity contribution is -0.123. The third-order valence-corrected chi connectivity index (χ3v) is 5.04. The van der Waals surface area contributed by atoms with Crippen LogP contribution in [0.15, 0.2) is 29.4 Å². The molecular weight excluding hydrogens is 375 g/mol. The molecule has 1 N–H and O–H groups in total. The molecule has 1 atom stereocenters. The van der Waals surface area contributed by atoms with Crippen LogP contribution in [0.4, 0.5) is 18.9 Å². The van der Waals surface area contributed by atoms with Crippen molar-refractivity contribution in [3.63, 3.8) is 0 Å². The second-order valence-corrected chi connectivity index (χ2v) is 7.33. The highest BCUT2D eigenvalue weighted by atomic mass is 32.2. The number of benzene rings is 1. The van der Waals surface area contributed by atoms with E-state index in [0.717, 1.165) is 0 Å². The van der Waals surface area contributed by atoms with Gasteiger partial charge >= 0.3 is 15.5 Å². The van der Waals surface area contributed by atoms with Gasteiger partial charge in [0.05, 0.1) is 5.69 Å². The van der Waals surface area contributed by atoms with Crippen molar-refractivity contribution in [2.24, 2.45) is 11.1 Å². The molecule has 1 aliphatic heterocycles. The van der Waals surface area contributed by atoms with Gasteiger partial charge in [0.25, 0.3) is 5.91 Å². The highest BCUT2D eigenvalue weighted by Gasteiger charge is 2.46. The van der Waals surface area contributed by atoms with E-state index < -0.39 is 21.4 Å². The van der Waals surface area contributed by atoms with Crippen LogP contribution < -0.4 is 4.72 Å². The minimum absolute atomic E-state index is 0.0609. The first-order valence-corrected chi connectivity index (χ1v) is 9.16. The Balaban J connectivity index is 2.27. The summed E-state index contributed by atoms with van der Waals surface area (Å²) in [4.78, 5) is 18.5. The molecule has 1 heterocycles. The average Bonchev–Trinajstić information content (AvgIpc) is 2.84. The Labute approximate surface area is 148 Å². The van der Waals surface area contributed by atoms with E-state index in [4.69, 9.17) is 0 Å². The van der Waals surface area contributed by atoms with Crippen LogP contribution in [0.3, 0.4) is 0 Å². The molecule has 0 bridgehead atoms. The molecule has 1 aliphatic rings. The lowest BCUT2D eigenvalue weighted by Gasteiger charge is -2.19. The van der Waals surface area contributed by atoms with Gasteiger partial charge in [-0.2, -0.15) is 21.6 Å². The Hall–Kier alpha value is -2.30. The van der Waals surface area contributed by atoms with Crippen molar-refractivity contribution in [3.8, 4) is 0 Å². The first-order valence-electron chi connectivity index (χ1n) is 7.68. The number of anilines is 1. The normalized spacial score (nSPS) is 19.9. The van der Waals surface area contributed by atoms with Crippen LogP contribution in [0.5, 0.6) is 0 Å². The van der Waals surface area contributed by atoms with Gasteiger partial charge in [0, 0.05) is 19.0 Å². The molecular formula is C15H18F3N3O4S. The number of nitrogens with zero attached hydrogens (tertiary/aromatic N) is 2. The number of carbonyl (C=O) groups is 1. The highest BCUT2D eigenvalue weighted by molar-refractivity contribution is 7.93. The molecule has 11 heteroatoms. The van der Waals surface area contributed by atoms with E-state index in [1.807, 2.05) is 6.92 Å². The molecule has 144 valence electrons. The standard InChI is InChI=1S/C15H18F3N3O4S/c1-3-10-8-21(14(22)13(10)19-25-2)9-11-6-4-5-7-12(11)20-26(23,24)15(16,17)18/h4-7,10,20H,3,8-9H2,1-2H3/b19-13+. The number of hydrogen-bond acceptors (Lipinski definition) is 5. The summed E-state index contributed by atoms with van der Waals surface area (Å²) in [5.41, 5.74) is -5.19. The molecule has 1 aromatic carbocycles. The van der Waals surface area contributed by atoms with Crippen LogP contribution in [0.2, 0.25) is 0 Å². The summed E-state index contributed by atoms with van der Waals surface area (Å²) in [6, 6.07) is 5.60. The molecule has 1 fully saturated rings. The number of likely N-dealkylation sites (tertiary alicyclic amines) is 1. The van der Waals surface area contributed by atoms with Gasteiger partial charge in [-0.15, -0.1) is 0 Å². The van der Waals surface area contributed by atoms with Crippen molar-refractivity contribution in [2.45, 2.75) is 25.4 Å². The van der Waals surface area contributed by atoms with Crippen molar-refractivity contribution in [1.82, 2.24) is 4.90 Å². The van der Waals surface area contributed by atoms with E-state index in [2.05, 4.69) is 9.99 Å². The molecule has 1 amide bonds. The first kappa shape index (κ1) is 20.0. The second-order valence-electron chi connectivity index (χ2n) is 5.66. The number of para-hydroxylation sites is 1. The predicted molar refractivity (Wildman–Crippen MR) is 88.7 cm³/mol. The summed E-state index contributed by atoms with van der Waals surface area (Å²) < 4.78 is 62.1. The van der Waals surface area contributed by atoms with Crippen LogP contribution in [0, 0.1) is 5.92 Å². The molecule has 0 radical (unpaired) electrons. The van der Waals surface area contributed by atoms with Gasteiger partial charge in [0.2, 0.25) is 0 Å². The Kier molecular flexibility index (Phi) is 5.79. The van der Waals surface area contributed by atoms with Gasteiger partial charge in [-0.3, -0.25) is 9.52 Å². The van der Waals surface area contributed by atoms with Crippen molar-refractivity contribution in [3.05, 3.63) is 29.8 Å². The van der Waals surface area contributed by atoms with Gasteiger partial charge in [-0.1, -0.05) is 30.3 Å². The average molecular weight is 393 g/mol. The lowest BCUT2D eigenvalue weighted by Crippen LogP contribution is -2.31. The minimum atomic E-state index is -5.55. The van der Waals surface area contributed by atoms with Crippen LogP contribution in [-0.4, -0.2) is 44.1 Å². The highest BCUT2D eigenvalue weighted by Crippen LogP contribution is 2.29. The van der Waals surface area contributed by atoms with Gasteiger partial charge in [0.15, 0.2) is 0 Å². The summed E-state index contributed by atoms with van der Waals surface area (Å²) in [7, 11) is -4.24. The number of sulfonamides is 1. The molecule has 1 unspecified atom stereocenters. The first-order chi connectivity index (χ1) is 12.1. The fourth-order valence-corrected chi connectivity index (χ4v) is 3.21. The zero-order valence-electron chi connectivity index (χ0n) is 14.1. The summed E-state index contributed by atoms with van der Waals surface area (Å²) in [6.45, 7) is 2.13. The Bertz CT molecular complexity index is 809. The van der Waals surface area contributed by atoms with Crippen LogP contribution >= 0.6 is 0 Å². The van der Waals surface area contributed by atoms with Crippen molar-refractivity contribution in [2.75, 3.05) is 18.4 Å². The van der Waals surface area contributed by atoms with Crippen LogP contribution in [0.1, 0.15) is 18.9 Å². The minimum Gasteiger partial charge on any atom is -0.399 e. The fourth-order valence-electron chi connectivity index (χ4n) is 2.61. The molecule has 26 heavy (non-hydrogen) atoms. The lowest BCUT2D eigenvalue weighted by atomic mass is 10.0. The van der Waals surface area contributed by atoms with Crippen LogP contribution in [-0.2, 0) is 26.2 Å². The number of nitrogens with one attached hydrogen (secondary N) is 1. The Morgan fingerprint density at radius 1 is 1.35 bits per heavy atom. The predicted octanol–water partition coefficient (Wildman–Crippen LogP) is 2.32. The molecule has 0 aromatic heterocycles. The molecule has 1 aromatic rings. The Morgan fingerprint density at radius 2 is 2.00 bits per heavy atom. The van der Waals surface area contributed by atoms with E-state index in [0.29, 0.717) is 13.0 Å². The van der Waals surface area contributed by atoms with Crippen LogP contribution in [0.25, 0.3) is 0 Å². The SMILES string of the molecule is CCC1CN(Cc2ccccc2NS(=O)(=O)C(F)(F)F)C(=O)/C1=N/OC. The molecule has 2 rings (SSSR count). The molecule has 1 saturated heterocycles. The van der Waals surface area contributed by atoms with Crippen molar-refractivity contribution in [1.29, 1.82) is 0 Å². The zero-order valence-corrected chi connectivity index (χ0v) is 14.9. The maximum absolute atomic E-state index is 12.6. The monoisotopic (exact) mass is 393 g/mol. The Morgan fingerprint density at radius 3 is 2.58 bits per heavy atom. The van der Waals surface area contributed by atoms with E-state index in [1.165, 1.54) is 34.9 Å². The molecule has 7 nitrogen and oxygen atoms in total. The van der Waals surface area contributed by atoms with E-state index >= 15 is 0 Å².